The van der Waals surface area contributed by atoms with Crippen molar-refractivity contribution in [3.8, 4) is 40.3 Å². The molecule has 12 heteroatoms. The van der Waals surface area contributed by atoms with E-state index in [9.17, 15) is 9.59 Å². The Hall–Kier alpha value is -5.62. The lowest BCUT2D eigenvalue weighted by molar-refractivity contribution is -0.138. The fourth-order valence-electron chi connectivity index (χ4n) is 4.95. The van der Waals surface area contributed by atoms with Crippen LogP contribution in [0.1, 0.15) is 47.4 Å². The second-order valence-corrected chi connectivity index (χ2v) is 10.7. The van der Waals surface area contributed by atoms with Gasteiger partial charge >= 0.3 is 11.9 Å². The molecule has 0 saturated carbocycles. The summed E-state index contributed by atoms with van der Waals surface area (Å²) in [4.78, 5) is 34.7. The van der Waals surface area contributed by atoms with Gasteiger partial charge in [0.1, 0.15) is 11.5 Å². The van der Waals surface area contributed by atoms with Gasteiger partial charge in [-0.3, -0.25) is 0 Å². The van der Waals surface area contributed by atoms with Crippen molar-refractivity contribution < 1.29 is 47.5 Å². The average molecular weight is 671 g/mol. The molecule has 0 N–H and O–H groups in total. The van der Waals surface area contributed by atoms with Crippen LogP contribution in [0.3, 0.4) is 0 Å². The zero-order valence-corrected chi connectivity index (χ0v) is 27.9. The standard InChI is InChI=1S/C37H38N2O10/c1-5-14-46-34-19-28(16-27(36(40)45-6-2)15-26-18-32-33(49-23-48-32)20-31(26)42-3)38-35(39-34)24-11-9-12-29(17-24)47-22-44-21-25-10-7-8-13-30(25)37(41)43-4/h7-13,16-20H,5-6,14-15,21-23H2,1-4H3/b27-16+. The number of aromatic nitrogens is 2. The average Bonchev–Trinajstić information content (AvgIpc) is 3.59. The van der Waals surface area contributed by atoms with E-state index in [0.29, 0.717) is 74.8 Å². The molecule has 0 spiro atoms. The summed E-state index contributed by atoms with van der Waals surface area (Å²) in [7, 11) is 2.89. The Kier molecular flexibility index (Phi) is 12.0. The first-order valence-electron chi connectivity index (χ1n) is 15.8. The Labute approximate surface area is 284 Å². The maximum atomic E-state index is 13.2. The van der Waals surface area contributed by atoms with E-state index in [1.54, 1.807) is 68.6 Å². The molecule has 0 fully saturated rings. The van der Waals surface area contributed by atoms with Crippen molar-refractivity contribution in [2.24, 2.45) is 0 Å². The molecule has 49 heavy (non-hydrogen) atoms. The largest absolute Gasteiger partial charge is 0.496 e. The lowest BCUT2D eigenvalue weighted by Gasteiger charge is -2.13. The molecule has 0 aliphatic carbocycles. The Morgan fingerprint density at radius 2 is 1.71 bits per heavy atom. The van der Waals surface area contributed by atoms with Gasteiger partial charge in [-0.25, -0.2) is 14.6 Å². The zero-order chi connectivity index (χ0) is 34.6. The summed E-state index contributed by atoms with van der Waals surface area (Å²) in [6, 6.07) is 19.5. The minimum Gasteiger partial charge on any atom is -0.496 e. The van der Waals surface area contributed by atoms with Crippen molar-refractivity contribution in [3.05, 3.63) is 94.7 Å². The van der Waals surface area contributed by atoms with Crippen LogP contribution in [0.2, 0.25) is 0 Å². The Balaban J connectivity index is 1.39. The van der Waals surface area contributed by atoms with Gasteiger partial charge in [0.05, 0.1) is 45.3 Å². The second-order valence-electron chi connectivity index (χ2n) is 10.7. The van der Waals surface area contributed by atoms with Gasteiger partial charge < -0.3 is 37.9 Å². The van der Waals surface area contributed by atoms with Crippen LogP contribution in [-0.2, 0) is 32.0 Å². The highest BCUT2D eigenvalue weighted by Gasteiger charge is 2.21. The lowest BCUT2D eigenvalue weighted by Crippen LogP contribution is -2.11. The fourth-order valence-corrected chi connectivity index (χ4v) is 4.95. The van der Waals surface area contributed by atoms with Crippen LogP contribution in [0.25, 0.3) is 17.5 Å². The smallest absolute Gasteiger partial charge is 0.338 e. The van der Waals surface area contributed by atoms with Crippen molar-refractivity contribution in [3.63, 3.8) is 0 Å². The van der Waals surface area contributed by atoms with E-state index in [1.165, 1.54) is 7.11 Å². The molecule has 1 aliphatic heterocycles. The van der Waals surface area contributed by atoms with Crippen LogP contribution < -0.4 is 23.7 Å². The van der Waals surface area contributed by atoms with Crippen LogP contribution in [0.5, 0.6) is 28.9 Å². The molecule has 0 unspecified atom stereocenters. The molecule has 1 aromatic heterocycles. The minimum atomic E-state index is -0.497. The third-order valence-corrected chi connectivity index (χ3v) is 7.27. The van der Waals surface area contributed by atoms with Crippen LogP contribution >= 0.6 is 0 Å². The van der Waals surface area contributed by atoms with E-state index >= 15 is 0 Å². The van der Waals surface area contributed by atoms with Gasteiger partial charge in [0, 0.05) is 35.3 Å². The maximum absolute atomic E-state index is 13.2. The predicted molar refractivity (Wildman–Crippen MR) is 179 cm³/mol. The van der Waals surface area contributed by atoms with Crippen molar-refractivity contribution in [2.75, 3.05) is 41.0 Å². The fraction of sp³-hybridized carbons (Fsp3) is 0.297. The van der Waals surface area contributed by atoms with Crippen LogP contribution in [0.15, 0.2) is 72.3 Å². The number of esters is 2. The van der Waals surface area contributed by atoms with Crippen molar-refractivity contribution in [1.29, 1.82) is 0 Å². The molecule has 256 valence electrons. The second kappa shape index (κ2) is 17.0. The van der Waals surface area contributed by atoms with Crippen molar-refractivity contribution in [1.82, 2.24) is 9.97 Å². The van der Waals surface area contributed by atoms with E-state index < -0.39 is 11.9 Å². The number of nitrogens with zero attached hydrogens (tertiary/aromatic N) is 2. The molecular weight excluding hydrogens is 632 g/mol. The maximum Gasteiger partial charge on any atom is 0.338 e. The van der Waals surface area contributed by atoms with E-state index in [1.807, 2.05) is 25.1 Å². The van der Waals surface area contributed by atoms with Gasteiger partial charge in [-0.2, -0.15) is 4.98 Å². The first kappa shape index (κ1) is 34.7. The summed E-state index contributed by atoms with van der Waals surface area (Å²) in [5, 5.41) is 0. The summed E-state index contributed by atoms with van der Waals surface area (Å²) < 4.78 is 44.4. The molecule has 1 aliphatic rings. The molecule has 0 bridgehead atoms. The Morgan fingerprint density at radius 1 is 0.898 bits per heavy atom. The number of benzene rings is 3. The van der Waals surface area contributed by atoms with Crippen LogP contribution in [0.4, 0.5) is 0 Å². The topological polar surface area (TPSA) is 134 Å². The number of carbonyl (C=O) groups excluding carboxylic acids is 2. The zero-order valence-electron chi connectivity index (χ0n) is 27.9. The van der Waals surface area contributed by atoms with Gasteiger partial charge in [0.2, 0.25) is 12.7 Å². The first-order chi connectivity index (χ1) is 23.9. The molecule has 4 aromatic rings. The summed E-state index contributed by atoms with van der Waals surface area (Å²) in [5.41, 5.74) is 3.26. The number of ether oxygens (including phenoxy) is 8. The third kappa shape index (κ3) is 9.05. The summed E-state index contributed by atoms with van der Waals surface area (Å²) in [6.07, 6.45) is 2.61. The number of methoxy groups -OCH3 is 2. The summed E-state index contributed by atoms with van der Waals surface area (Å²) in [5.74, 6) is 1.98. The molecule has 12 nitrogen and oxygen atoms in total. The number of hydrogen-bond donors (Lipinski definition) is 0. The number of hydrogen-bond acceptors (Lipinski definition) is 12. The van der Waals surface area contributed by atoms with Crippen molar-refractivity contribution >= 4 is 18.0 Å². The molecule has 3 aromatic carbocycles. The normalized spacial score (nSPS) is 12.0. The molecule has 0 saturated heterocycles. The van der Waals surface area contributed by atoms with Crippen LogP contribution in [0, 0.1) is 0 Å². The Morgan fingerprint density at radius 3 is 2.49 bits per heavy atom. The highest BCUT2D eigenvalue weighted by atomic mass is 16.7. The number of fused-ring (bicyclic) bond motifs is 1. The van der Waals surface area contributed by atoms with E-state index in [2.05, 4.69) is 4.98 Å². The van der Waals surface area contributed by atoms with Gasteiger partial charge in [0.15, 0.2) is 24.1 Å². The SMILES string of the molecule is CCCOc1cc(/C=C(\Cc2cc3c(cc2OC)OCO3)C(=O)OCC)nc(-c2cccc(OCOCc3ccccc3C(=O)OC)c2)n1. The van der Waals surface area contributed by atoms with Gasteiger partial charge in [-0.05, 0) is 49.2 Å². The molecule has 0 radical (unpaired) electrons. The lowest BCUT2D eigenvalue weighted by atomic mass is 10.0. The number of rotatable bonds is 16. The summed E-state index contributed by atoms with van der Waals surface area (Å²) >= 11 is 0. The molecule has 5 rings (SSSR count). The van der Waals surface area contributed by atoms with Gasteiger partial charge in [-0.1, -0.05) is 37.3 Å². The third-order valence-electron chi connectivity index (χ3n) is 7.27. The molecule has 2 heterocycles. The molecule has 0 amide bonds. The van der Waals surface area contributed by atoms with Crippen LogP contribution in [-0.4, -0.2) is 62.9 Å². The quantitative estimate of drug-likeness (QED) is 0.0582. The van der Waals surface area contributed by atoms with Crippen molar-refractivity contribution in [2.45, 2.75) is 33.3 Å². The highest BCUT2D eigenvalue weighted by Crippen LogP contribution is 2.39. The molecular formula is C37H38N2O10. The van der Waals surface area contributed by atoms with E-state index in [-0.39, 0.29) is 33.2 Å². The van der Waals surface area contributed by atoms with Gasteiger partial charge in [-0.15, -0.1) is 0 Å². The van der Waals surface area contributed by atoms with E-state index in [4.69, 9.17) is 42.9 Å². The monoisotopic (exact) mass is 670 g/mol. The summed E-state index contributed by atoms with van der Waals surface area (Å²) in [6.45, 7) is 4.58. The first-order valence-corrected chi connectivity index (χ1v) is 15.8. The predicted octanol–water partition coefficient (Wildman–Crippen LogP) is 6.20. The highest BCUT2D eigenvalue weighted by molar-refractivity contribution is 5.94. The van der Waals surface area contributed by atoms with E-state index in [0.717, 1.165) is 6.42 Å². The molecule has 0 atom stereocenters. The van der Waals surface area contributed by atoms with Gasteiger partial charge in [0.25, 0.3) is 0 Å². The minimum absolute atomic E-state index is 0.0698. The number of carbonyl (C=O) groups is 2. The Bertz CT molecular complexity index is 1810.